The van der Waals surface area contributed by atoms with Crippen LogP contribution in [-0.4, -0.2) is 12.7 Å². The van der Waals surface area contributed by atoms with Gasteiger partial charge in [0, 0.05) is 10.4 Å². The Balaban J connectivity index is 2.18. The van der Waals surface area contributed by atoms with Crippen molar-refractivity contribution in [1.82, 2.24) is 0 Å². The highest BCUT2D eigenvalue weighted by Crippen LogP contribution is 2.38. The zero-order valence-corrected chi connectivity index (χ0v) is 11.0. The lowest BCUT2D eigenvalue weighted by Crippen LogP contribution is -2.17. The third kappa shape index (κ3) is 3.36. The maximum atomic E-state index is 12.3. The zero-order valence-electron chi connectivity index (χ0n) is 9.41. The van der Waals surface area contributed by atoms with Crippen LogP contribution in [0.2, 0.25) is 0 Å². The van der Waals surface area contributed by atoms with E-state index in [-0.39, 0.29) is 17.6 Å². The molecule has 1 saturated carbocycles. The van der Waals surface area contributed by atoms with Crippen molar-refractivity contribution < 1.29 is 18.3 Å². The zero-order chi connectivity index (χ0) is 13.1. The molecule has 0 aromatic heterocycles. The van der Waals surface area contributed by atoms with Crippen molar-refractivity contribution in [1.29, 1.82) is 0 Å². The van der Waals surface area contributed by atoms with Crippen LogP contribution in [0.3, 0.4) is 0 Å². The number of hydrogen-bond donors (Lipinski definition) is 0. The minimum absolute atomic E-state index is 0.00546. The molecule has 0 saturated heterocycles. The summed E-state index contributed by atoms with van der Waals surface area (Å²) in [4.78, 5) is 0. The Kier molecular flexibility index (Phi) is 4.07. The lowest BCUT2D eigenvalue weighted by Gasteiger charge is -2.16. The Morgan fingerprint density at radius 3 is 2.56 bits per heavy atom. The van der Waals surface area contributed by atoms with Crippen LogP contribution >= 0.6 is 15.9 Å². The van der Waals surface area contributed by atoms with E-state index in [0.29, 0.717) is 10.4 Å². The van der Waals surface area contributed by atoms with Crippen LogP contribution in [0.4, 0.5) is 8.78 Å². The first-order chi connectivity index (χ1) is 8.60. The average Bonchev–Trinajstić information content (AvgIpc) is 3.12. The number of halogens is 3. The second-order valence-electron chi connectivity index (χ2n) is 4.01. The van der Waals surface area contributed by atoms with Crippen LogP contribution in [0, 0.1) is 18.3 Å². The van der Waals surface area contributed by atoms with Crippen molar-refractivity contribution in [3.8, 4) is 23.8 Å². The van der Waals surface area contributed by atoms with Crippen LogP contribution in [0.5, 0.6) is 11.5 Å². The Morgan fingerprint density at radius 1 is 1.28 bits per heavy atom. The van der Waals surface area contributed by atoms with Crippen molar-refractivity contribution in [2.75, 3.05) is 0 Å². The summed E-state index contributed by atoms with van der Waals surface area (Å²) in [5.74, 6) is 3.08. The van der Waals surface area contributed by atoms with Gasteiger partial charge in [-0.15, -0.1) is 6.42 Å². The summed E-state index contributed by atoms with van der Waals surface area (Å²) in [6.07, 6.45) is 7.00. The highest BCUT2D eigenvalue weighted by atomic mass is 79.9. The third-order valence-corrected chi connectivity index (χ3v) is 3.08. The molecular formula is C13H11BrF2O2. The summed E-state index contributed by atoms with van der Waals surface area (Å²) in [6, 6.07) is 4.60. The Bertz CT molecular complexity index is 467. The van der Waals surface area contributed by atoms with E-state index in [1.54, 1.807) is 12.1 Å². The minimum Gasteiger partial charge on any atom is -0.474 e. The minimum atomic E-state index is -2.89. The Labute approximate surface area is 112 Å². The first-order valence-corrected chi connectivity index (χ1v) is 6.26. The van der Waals surface area contributed by atoms with Gasteiger partial charge in [0.05, 0.1) is 0 Å². The van der Waals surface area contributed by atoms with Gasteiger partial charge in [-0.2, -0.15) is 8.78 Å². The molecular weight excluding hydrogens is 306 g/mol. The fourth-order valence-corrected chi connectivity index (χ4v) is 1.91. The van der Waals surface area contributed by atoms with Gasteiger partial charge in [0.15, 0.2) is 17.6 Å². The Morgan fingerprint density at radius 2 is 2.00 bits per heavy atom. The van der Waals surface area contributed by atoms with Crippen LogP contribution in [0.1, 0.15) is 12.8 Å². The molecule has 1 aromatic rings. The fourth-order valence-electron chi connectivity index (χ4n) is 1.57. The summed E-state index contributed by atoms with van der Waals surface area (Å²) in [6.45, 7) is -2.89. The van der Waals surface area contributed by atoms with Crippen molar-refractivity contribution in [3.05, 3.63) is 22.7 Å². The number of rotatable bonds is 5. The molecule has 1 aliphatic rings. The summed E-state index contributed by atoms with van der Waals surface area (Å²) in [7, 11) is 0. The SMILES string of the molecule is C#CC(Oc1cc(Br)ccc1OC(F)F)C1CC1. The molecule has 0 spiro atoms. The number of terminal acetylenes is 1. The summed E-state index contributed by atoms with van der Waals surface area (Å²) >= 11 is 3.25. The topological polar surface area (TPSA) is 18.5 Å². The molecule has 2 nitrogen and oxygen atoms in total. The third-order valence-electron chi connectivity index (χ3n) is 2.59. The standard InChI is InChI=1S/C13H11BrF2O2/c1-2-10(8-3-4-8)17-12-7-9(14)5-6-11(12)18-13(15)16/h1,5-8,10,13H,3-4H2. The van der Waals surface area contributed by atoms with E-state index in [1.807, 2.05) is 0 Å². The highest BCUT2D eigenvalue weighted by molar-refractivity contribution is 9.10. The van der Waals surface area contributed by atoms with Gasteiger partial charge in [-0.3, -0.25) is 0 Å². The molecule has 0 heterocycles. The lowest BCUT2D eigenvalue weighted by molar-refractivity contribution is -0.0518. The highest BCUT2D eigenvalue weighted by Gasteiger charge is 2.32. The van der Waals surface area contributed by atoms with Crippen molar-refractivity contribution in [2.24, 2.45) is 5.92 Å². The van der Waals surface area contributed by atoms with E-state index in [2.05, 4.69) is 26.6 Å². The van der Waals surface area contributed by atoms with Gasteiger partial charge in [-0.1, -0.05) is 21.9 Å². The van der Waals surface area contributed by atoms with Crippen molar-refractivity contribution in [3.63, 3.8) is 0 Å². The maximum Gasteiger partial charge on any atom is 0.387 e. The normalized spacial score (nSPS) is 16.2. The quantitative estimate of drug-likeness (QED) is 0.768. The predicted molar refractivity (Wildman–Crippen MR) is 66.7 cm³/mol. The molecule has 1 aromatic carbocycles. The van der Waals surface area contributed by atoms with Crippen molar-refractivity contribution >= 4 is 15.9 Å². The van der Waals surface area contributed by atoms with E-state index < -0.39 is 6.61 Å². The van der Waals surface area contributed by atoms with Gasteiger partial charge in [0.2, 0.25) is 0 Å². The van der Waals surface area contributed by atoms with Crippen LogP contribution < -0.4 is 9.47 Å². The first-order valence-electron chi connectivity index (χ1n) is 5.47. The second kappa shape index (κ2) is 5.57. The van der Waals surface area contributed by atoms with Gasteiger partial charge in [0.1, 0.15) is 0 Å². The van der Waals surface area contributed by atoms with Gasteiger partial charge < -0.3 is 9.47 Å². The molecule has 1 atom stereocenters. The van der Waals surface area contributed by atoms with Crippen LogP contribution in [0.15, 0.2) is 22.7 Å². The second-order valence-corrected chi connectivity index (χ2v) is 4.93. The maximum absolute atomic E-state index is 12.3. The van der Waals surface area contributed by atoms with Gasteiger partial charge in [0.25, 0.3) is 0 Å². The van der Waals surface area contributed by atoms with Gasteiger partial charge in [-0.25, -0.2) is 0 Å². The summed E-state index contributed by atoms with van der Waals surface area (Å²) in [5, 5.41) is 0. The molecule has 2 rings (SSSR count). The molecule has 0 radical (unpaired) electrons. The molecule has 1 aliphatic carbocycles. The molecule has 1 unspecified atom stereocenters. The number of alkyl halides is 2. The largest absolute Gasteiger partial charge is 0.474 e. The number of ether oxygens (including phenoxy) is 2. The van der Waals surface area contributed by atoms with Crippen molar-refractivity contribution in [2.45, 2.75) is 25.6 Å². The van der Waals surface area contributed by atoms with Crippen LogP contribution in [-0.2, 0) is 0 Å². The Hall–Kier alpha value is -1.28. The molecule has 96 valence electrons. The van der Waals surface area contributed by atoms with Crippen LogP contribution in [0.25, 0.3) is 0 Å². The van der Waals surface area contributed by atoms with E-state index in [0.717, 1.165) is 12.8 Å². The summed E-state index contributed by atoms with van der Waals surface area (Å²) < 4.78 is 35.2. The van der Waals surface area contributed by atoms with Gasteiger partial charge in [-0.05, 0) is 31.0 Å². The molecule has 0 aliphatic heterocycles. The number of hydrogen-bond acceptors (Lipinski definition) is 2. The molecule has 5 heteroatoms. The fraction of sp³-hybridized carbons (Fsp3) is 0.385. The molecule has 0 N–H and O–H groups in total. The monoisotopic (exact) mass is 316 g/mol. The van der Waals surface area contributed by atoms with E-state index in [9.17, 15) is 8.78 Å². The van der Waals surface area contributed by atoms with E-state index in [4.69, 9.17) is 11.2 Å². The van der Waals surface area contributed by atoms with Gasteiger partial charge >= 0.3 is 6.61 Å². The average molecular weight is 317 g/mol. The number of benzene rings is 1. The first kappa shape index (κ1) is 13.2. The smallest absolute Gasteiger partial charge is 0.387 e. The molecule has 0 bridgehead atoms. The molecule has 1 fully saturated rings. The predicted octanol–water partition coefficient (Wildman–Crippen LogP) is 3.84. The lowest BCUT2D eigenvalue weighted by atomic mass is 10.2. The van der Waals surface area contributed by atoms with E-state index in [1.165, 1.54) is 6.07 Å². The molecule has 0 amide bonds. The molecule has 18 heavy (non-hydrogen) atoms. The van der Waals surface area contributed by atoms with E-state index >= 15 is 0 Å². The summed E-state index contributed by atoms with van der Waals surface area (Å²) in [5.41, 5.74) is 0.